The minimum absolute atomic E-state index is 0.185. The zero-order valence-electron chi connectivity index (χ0n) is 9.32. The van der Waals surface area contributed by atoms with E-state index in [2.05, 4.69) is 0 Å². The summed E-state index contributed by atoms with van der Waals surface area (Å²) in [5.74, 6) is -1.40. The lowest BCUT2D eigenvalue weighted by Gasteiger charge is -2.07. The van der Waals surface area contributed by atoms with E-state index in [4.69, 9.17) is 9.84 Å². The number of aryl methyl sites for hydroxylation is 1. The minimum atomic E-state index is -0.995. The molecular formula is C12H14O4. The van der Waals surface area contributed by atoms with Gasteiger partial charge < -0.3 is 9.84 Å². The van der Waals surface area contributed by atoms with Gasteiger partial charge in [0.2, 0.25) is 0 Å². The average molecular weight is 222 g/mol. The van der Waals surface area contributed by atoms with Crippen molar-refractivity contribution >= 4 is 11.9 Å². The summed E-state index contributed by atoms with van der Waals surface area (Å²) < 4.78 is 4.88. The van der Waals surface area contributed by atoms with Crippen LogP contribution in [0, 0.1) is 0 Å². The Balaban J connectivity index is 3.11. The zero-order chi connectivity index (χ0) is 12.1. The summed E-state index contributed by atoms with van der Waals surface area (Å²) >= 11 is 0. The molecule has 0 atom stereocenters. The van der Waals surface area contributed by atoms with E-state index in [1.54, 1.807) is 6.92 Å². The van der Waals surface area contributed by atoms with E-state index < -0.39 is 11.9 Å². The average Bonchev–Trinajstić information content (AvgIpc) is 2.28. The Morgan fingerprint density at radius 1 is 1.31 bits per heavy atom. The number of benzene rings is 1. The second-order valence-corrected chi connectivity index (χ2v) is 3.25. The van der Waals surface area contributed by atoms with Crippen LogP contribution in [0.3, 0.4) is 0 Å². The first-order chi connectivity index (χ1) is 7.60. The van der Waals surface area contributed by atoms with Crippen molar-refractivity contribution < 1.29 is 19.4 Å². The molecule has 1 aromatic carbocycles. The van der Waals surface area contributed by atoms with Crippen molar-refractivity contribution in [1.29, 1.82) is 0 Å². The van der Waals surface area contributed by atoms with Crippen LogP contribution in [-0.2, 0) is 11.2 Å². The molecule has 16 heavy (non-hydrogen) atoms. The fourth-order valence-corrected chi connectivity index (χ4v) is 1.43. The molecule has 0 bridgehead atoms. The number of carboxylic acid groups (broad SMARTS) is 1. The van der Waals surface area contributed by atoms with E-state index in [9.17, 15) is 9.59 Å². The number of hydrogen-bond acceptors (Lipinski definition) is 3. The Bertz CT molecular complexity index is 409. The van der Waals surface area contributed by atoms with Crippen molar-refractivity contribution in [2.45, 2.75) is 20.3 Å². The second-order valence-electron chi connectivity index (χ2n) is 3.25. The lowest BCUT2D eigenvalue weighted by atomic mass is 10.0. The van der Waals surface area contributed by atoms with Gasteiger partial charge in [-0.15, -0.1) is 0 Å². The Kier molecular flexibility index (Phi) is 4.05. The van der Waals surface area contributed by atoms with Crippen molar-refractivity contribution in [3.8, 4) is 0 Å². The monoisotopic (exact) mass is 222 g/mol. The highest BCUT2D eigenvalue weighted by atomic mass is 16.5. The van der Waals surface area contributed by atoms with E-state index >= 15 is 0 Å². The molecule has 1 aromatic rings. The Morgan fingerprint density at radius 3 is 2.50 bits per heavy atom. The highest BCUT2D eigenvalue weighted by Crippen LogP contribution is 2.14. The lowest BCUT2D eigenvalue weighted by Crippen LogP contribution is -2.09. The molecule has 0 radical (unpaired) electrons. The van der Waals surface area contributed by atoms with Crippen LogP contribution in [0.2, 0.25) is 0 Å². The molecule has 0 saturated heterocycles. The van der Waals surface area contributed by atoms with Gasteiger partial charge >= 0.3 is 11.9 Å². The number of carbonyl (C=O) groups is 2. The van der Waals surface area contributed by atoms with Crippen molar-refractivity contribution in [2.75, 3.05) is 6.61 Å². The van der Waals surface area contributed by atoms with Gasteiger partial charge in [0.05, 0.1) is 17.7 Å². The van der Waals surface area contributed by atoms with Gasteiger partial charge in [-0.2, -0.15) is 0 Å². The Labute approximate surface area is 93.9 Å². The van der Waals surface area contributed by atoms with E-state index in [1.807, 2.05) is 6.92 Å². The quantitative estimate of drug-likeness (QED) is 0.792. The summed E-state index contributed by atoms with van der Waals surface area (Å²) in [7, 11) is 0. The lowest BCUT2D eigenvalue weighted by molar-refractivity contribution is 0.0523. The molecule has 0 spiro atoms. The topological polar surface area (TPSA) is 63.6 Å². The molecule has 4 nitrogen and oxygen atoms in total. The highest BCUT2D eigenvalue weighted by Gasteiger charge is 2.13. The third kappa shape index (κ3) is 2.59. The van der Waals surface area contributed by atoms with E-state index in [1.165, 1.54) is 18.2 Å². The maximum absolute atomic E-state index is 11.5. The van der Waals surface area contributed by atoms with Gasteiger partial charge in [-0.25, -0.2) is 9.59 Å². The molecule has 0 aliphatic rings. The van der Waals surface area contributed by atoms with Gasteiger partial charge in [0, 0.05) is 0 Å². The molecule has 0 aromatic heterocycles. The van der Waals surface area contributed by atoms with Crippen LogP contribution in [0.4, 0.5) is 0 Å². The number of carbonyl (C=O) groups excluding carboxylic acids is 1. The first kappa shape index (κ1) is 12.2. The van der Waals surface area contributed by atoms with Crippen molar-refractivity contribution in [3.05, 3.63) is 34.9 Å². The van der Waals surface area contributed by atoms with Gasteiger partial charge in [0.1, 0.15) is 0 Å². The number of ether oxygens (including phenoxy) is 1. The van der Waals surface area contributed by atoms with E-state index in [0.717, 1.165) is 0 Å². The molecule has 0 amide bonds. The maximum atomic E-state index is 11.5. The molecule has 4 heteroatoms. The molecule has 1 N–H and O–H groups in total. The van der Waals surface area contributed by atoms with Crippen molar-refractivity contribution in [3.63, 3.8) is 0 Å². The third-order valence-corrected chi connectivity index (χ3v) is 2.23. The third-order valence-electron chi connectivity index (χ3n) is 2.23. The molecule has 1 rings (SSSR count). The van der Waals surface area contributed by atoms with Crippen LogP contribution < -0.4 is 0 Å². The molecule has 0 saturated carbocycles. The summed E-state index contributed by atoms with van der Waals surface area (Å²) in [6.45, 7) is 3.90. The number of rotatable bonds is 4. The van der Waals surface area contributed by atoms with Gasteiger partial charge in [-0.1, -0.05) is 6.92 Å². The number of carboxylic acids is 1. The molecule has 0 unspecified atom stereocenters. The summed E-state index contributed by atoms with van der Waals surface area (Å²) in [5, 5.41) is 8.82. The second kappa shape index (κ2) is 5.30. The summed E-state index contributed by atoms with van der Waals surface area (Å²) in [6, 6.07) is 4.42. The van der Waals surface area contributed by atoms with Gasteiger partial charge in [0.15, 0.2) is 0 Å². The number of aromatic carboxylic acids is 1. The largest absolute Gasteiger partial charge is 0.478 e. The minimum Gasteiger partial charge on any atom is -0.478 e. The van der Waals surface area contributed by atoms with Crippen LogP contribution in [0.1, 0.15) is 40.1 Å². The standard InChI is InChI=1S/C12H14O4/c1-3-8-7-9(11(13)14)5-6-10(8)12(15)16-4-2/h5-7H,3-4H2,1-2H3,(H,13,14). The van der Waals surface area contributed by atoms with E-state index in [-0.39, 0.29) is 5.56 Å². The summed E-state index contributed by atoms with van der Waals surface area (Å²) in [6.07, 6.45) is 0.593. The van der Waals surface area contributed by atoms with Gasteiger partial charge in [0.25, 0.3) is 0 Å². The van der Waals surface area contributed by atoms with Gasteiger partial charge in [-0.3, -0.25) is 0 Å². The smallest absolute Gasteiger partial charge is 0.338 e. The Morgan fingerprint density at radius 2 is 2.00 bits per heavy atom. The SMILES string of the molecule is CCOC(=O)c1ccc(C(=O)O)cc1CC. The first-order valence-corrected chi connectivity index (χ1v) is 5.13. The molecule has 0 heterocycles. The fourth-order valence-electron chi connectivity index (χ4n) is 1.43. The normalized spacial score (nSPS) is 9.88. The molecule has 0 fully saturated rings. The predicted octanol–water partition coefficient (Wildman–Crippen LogP) is 2.12. The zero-order valence-corrected chi connectivity index (χ0v) is 9.32. The summed E-state index contributed by atoms with van der Waals surface area (Å²) in [5.41, 5.74) is 1.32. The number of esters is 1. The van der Waals surface area contributed by atoms with Crippen molar-refractivity contribution in [1.82, 2.24) is 0 Å². The molecule has 0 aliphatic heterocycles. The van der Waals surface area contributed by atoms with Crippen LogP contribution >= 0.6 is 0 Å². The maximum Gasteiger partial charge on any atom is 0.338 e. The summed E-state index contributed by atoms with van der Waals surface area (Å²) in [4.78, 5) is 22.3. The number of hydrogen-bond donors (Lipinski definition) is 1. The highest BCUT2D eigenvalue weighted by molar-refractivity contribution is 5.94. The first-order valence-electron chi connectivity index (χ1n) is 5.13. The van der Waals surface area contributed by atoms with E-state index in [0.29, 0.717) is 24.2 Å². The fraction of sp³-hybridized carbons (Fsp3) is 0.333. The predicted molar refractivity (Wildman–Crippen MR) is 58.7 cm³/mol. The molecule has 86 valence electrons. The van der Waals surface area contributed by atoms with Crippen LogP contribution in [0.5, 0.6) is 0 Å². The Hall–Kier alpha value is -1.84. The van der Waals surface area contributed by atoms with Crippen LogP contribution in [0.25, 0.3) is 0 Å². The molecule has 0 aliphatic carbocycles. The van der Waals surface area contributed by atoms with Crippen LogP contribution in [0.15, 0.2) is 18.2 Å². The van der Waals surface area contributed by atoms with Crippen molar-refractivity contribution in [2.24, 2.45) is 0 Å². The molecular weight excluding hydrogens is 208 g/mol. The van der Waals surface area contributed by atoms with Gasteiger partial charge in [-0.05, 0) is 37.1 Å². The van der Waals surface area contributed by atoms with Crippen LogP contribution in [-0.4, -0.2) is 23.7 Å².